The lowest BCUT2D eigenvalue weighted by atomic mass is 9.59. The van der Waals surface area contributed by atoms with Gasteiger partial charge in [0.15, 0.2) is 17.5 Å². The predicted octanol–water partition coefficient (Wildman–Crippen LogP) is 4.86. The number of hydrogen-bond donors (Lipinski definition) is 2. The third-order valence-electron chi connectivity index (χ3n) is 9.23. The molecular formula is C30H40O5. The van der Waals surface area contributed by atoms with Crippen molar-refractivity contribution in [1.82, 2.24) is 0 Å². The molecule has 0 aromatic heterocycles. The second-order valence-electron chi connectivity index (χ2n) is 11.7. The average Bonchev–Trinajstić information content (AvgIpc) is 3.29. The summed E-state index contributed by atoms with van der Waals surface area (Å²) < 4.78 is 5.78. The Morgan fingerprint density at radius 1 is 1.17 bits per heavy atom. The van der Waals surface area contributed by atoms with Crippen LogP contribution < -0.4 is 0 Å². The minimum atomic E-state index is -1.95. The van der Waals surface area contributed by atoms with Crippen molar-refractivity contribution in [3.05, 3.63) is 59.8 Å². The monoisotopic (exact) mass is 480 g/mol. The molecule has 0 aromatic rings. The highest BCUT2D eigenvalue weighted by Gasteiger charge is 2.76. The third-order valence-corrected chi connectivity index (χ3v) is 9.23. The van der Waals surface area contributed by atoms with Crippen molar-refractivity contribution < 1.29 is 24.5 Å². The van der Waals surface area contributed by atoms with E-state index in [2.05, 4.69) is 26.8 Å². The maximum atomic E-state index is 14.2. The van der Waals surface area contributed by atoms with Gasteiger partial charge in [0.25, 0.3) is 0 Å². The second kappa shape index (κ2) is 9.01. The molecule has 0 saturated heterocycles. The third kappa shape index (κ3) is 3.74. The maximum Gasteiger partial charge on any atom is 0.331 e. The van der Waals surface area contributed by atoms with E-state index in [-0.39, 0.29) is 29.0 Å². The zero-order valence-corrected chi connectivity index (χ0v) is 21.8. The van der Waals surface area contributed by atoms with Crippen LogP contribution in [0.1, 0.15) is 60.8 Å². The van der Waals surface area contributed by atoms with E-state index in [4.69, 9.17) is 4.74 Å². The SMILES string of the molecule is CCC\C=C/C=C\C=C\C(=O)O[C@H]1C(C)=C[C@]23C(=O)[C@@H](C=C(C)[C@@H](O)[C@]12O)[C@@H]1[C@H](C[C@H]3C)C1(C)C. The van der Waals surface area contributed by atoms with Crippen molar-refractivity contribution in [3.8, 4) is 0 Å². The Morgan fingerprint density at radius 3 is 2.54 bits per heavy atom. The molecule has 4 rings (SSSR count). The van der Waals surface area contributed by atoms with Crippen molar-refractivity contribution in [1.29, 1.82) is 0 Å². The Labute approximate surface area is 209 Å². The van der Waals surface area contributed by atoms with Crippen LogP contribution in [0.25, 0.3) is 0 Å². The minimum Gasteiger partial charge on any atom is -0.451 e. The smallest absolute Gasteiger partial charge is 0.331 e. The molecule has 0 aliphatic heterocycles. The van der Waals surface area contributed by atoms with Crippen molar-refractivity contribution >= 4 is 11.8 Å². The topological polar surface area (TPSA) is 83.8 Å². The first-order valence-corrected chi connectivity index (χ1v) is 13.0. The molecule has 5 nitrogen and oxygen atoms in total. The van der Waals surface area contributed by atoms with E-state index in [9.17, 15) is 19.8 Å². The van der Waals surface area contributed by atoms with E-state index in [0.29, 0.717) is 17.1 Å². The summed E-state index contributed by atoms with van der Waals surface area (Å²) in [7, 11) is 0. The first-order valence-electron chi connectivity index (χ1n) is 13.0. The van der Waals surface area contributed by atoms with Crippen LogP contribution in [0.2, 0.25) is 0 Å². The number of unbranched alkanes of at least 4 members (excludes halogenated alkanes) is 1. The van der Waals surface area contributed by atoms with Crippen LogP contribution in [0, 0.1) is 34.5 Å². The van der Waals surface area contributed by atoms with Gasteiger partial charge in [-0.1, -0.05) is 76.6 Å². The summed E-state index contributed by atoms with van der Waals surface area (Å²) in [5.74, 6) is -0.684. The Balaban J connectivity index is 1.66. The number of ketones is 1. The number of fused-ring (bicyclic) bond motifs is 3. The van der Waals surface area contributed by atoms with Gasteiger partial charge in [0.2, 0.25) is 0 Å². The minimum absolute atomic E-state index is 0.0493. The quantitative estimate of drug-likeness (QED) is 0.245. The van der Waals surface area contributed by atoms with Gasteiger partial charge in [-0.15, -0.1) is 0 Å². The van der Waals surface area contributed by atoms with Crippen LogP contribution in [0.5, 0.6) is 0 Å². The summed E-state index contributed by atoms with van der Waals surface area (Å²) in [4.78, 5) is 27.0. The molecule has 0 aromatic carbocycles. The van der Waals surface area contributed by atoms with Gasteiger partial charge in [-0.05, 0) is 61.0 Å². The number of ether oxygens (including phenoxy) is 1. The van der Waals surface area contributed by atoms with Crippen LogP contribution in [-0.4, -0.2) is 39.8 Å². The number of aliphatic hydroxyl groups is 2. The first-order chi connectivity index (χ1) is 16.4. The number of carbonyl (C=O) groups excluding carboxylic acids is 2. The molecular weight excluding hydrogens is 440 g/mol. The molecule has 4 aliphatic carbocycles. The Hall–Kier alpha value is -2.24. The van der Waals surface area contributed by atoms with Crippen LogP contribution in [0.15, 0.2) is 59.8 Å². The lowest BCUT2D eigenvalue weighted by Crippen LogP contribution is -2.65. The molecule has 0 radical (unpaired) electrons. The van der Waals surface area contributed by atoms with E-state index in [1.54, 1.807) is 32.1 Å². The summed E-state index contributed by atoms with van der Waals surface area (Å²) in [5.41, 5.74) is -2.04. The van der Waals surface area contributed by atoms with E-state index >= 15 is 0 Å². The summed E-state index contributed by atoms with van der Waals surface area (Å²) in [6, 6.07) is 0. The fourth-order valence-corrected chi connectivity index (χ4v) is 7.33. The maximum absolute atomic E-state index is 14.2. The van der Waals surface area contributed by atoms with Gasteiger partial charge < -0.3 is 14.9 Å². The summed E-state index contributed by atoms with van der Waals surface area (Å²) in [5, 5.41) is 23.8. The van der Waals surface area contributed by atoms with E-state index in [0.717, 1.165) is 19.3 Å². The van der Waals surface area contributed by atoms with Crippen molar-refractivity contribution in [2.75, 3.05) is 0 Å². The highest BCUT2D eigenvalue weighted by molar-refractivity contribution is 5.95. The number of rotatable bonds is 6. The number of esters is 1. The highest BCUT2D eigenvalue weighted by atomic mass is 16.6. The molecule has 1 spiro atoms. The number of Topliss-reactive ketones (excluding diaryl/α,β-unsaturated/α-hetero) is 1. The molecule has 35 heavy (non-hydrogen) atoms. The number of allylic oxidation sites excluding steroid dienone is 6. The zero-order chi connectivity index (χ0) is 25.8. The van der Waals surface area contributed by atoms with Crippen molar-refractivity contribution in [3.63, 3.8) is 0 Å². The van der Waals surface area contributed by atoms with Gasteiger partial charge in [0.1, 0.15) is 6.10 Å². The molecule has 2 saturated carbocycles. The summed E-state index contributed by atoms with van der Waals surface area (Å²) in [6.45, 7) is 12.1. The molecule has 190 valence electrons. The Kier molecular flexibility index (Phi) is 6.65. The average molecular weight is 481 g/mol. The molecule has 8 atom stereocenters. The van der Waals surface area contributed by atoms with Crippen LogP contribution in [0.4, 0.5) is 0 Å². The fraction of sp³-hybridized carbons (Fsp3) is 0.600. The summed E-state index contributed by atoms with van der Waals surface area (Å²) in [6.07, 6.45) is 14.5. The molecule has 2 N–H and O–H groups in total. The molecule has 0 amide bonds. The molecule has 4 aliphatic rings. The van der Waals surface area contributed by atoms with Gasteiger partial charge >= 0.3 is 5.97 Å². The predicted molar refractivity (Wildman–Crippen MR) is 136 cm³/mol. The Morgan fingerprint density at radius 2 is 1.86 bits per heavy atom. The van der Waals surface area contributed by atoms with E-state index < -0.39 is 29.2 Å². The van der Waals surface area contributed by atoms with Gasteiger partial charge in [-0.25, -0.2) is 4.79 Å². The first kappa shape index (κ1) is 25.8. The molecule has 0 unspecified atom stereocenters. The number of aliphatic hydroxyl groups excluding tert-OH is 1. The Bertz CT molecular complexity index is 1040. The zero-order valence-electron chi connectivity index (χ0n) is 21.8. The van der Waals surface area contributed by atoms with Crippen molar-refractivity contribution in [2.24, 2.45) is 34.5 Å². The number of carbonyl (C=O) groups is 2. The second-order valence-corrected chi connectivity index (χ2v) is 11.7. The van der Waals surface area contributed by atoms with Crippen molar-refractivity contribution in [2.45, 2.75) is 78.6 Å². The van der Waals surface area contributed by atoms with E-state index in [1.807, 2.05) is 25.2 Å². The van der Waals surface area contributed by atoms with Gasteiger partial charge in [-0.2, -0.15) is 0 Å². The number of hydrogen-bond acceptors (Lipinski definition) is 5. The lowest BCUT2D eigenvalue weighted by molar-refractivity contribution is -0.200. The van der Waals surface area contributed by atoms with E-state index in [1.165, 1.54) is 6.08 Å². The van der Waals surface area contributed by atoms with Gasteiger partial charge in [0, 0.05) is 12.0 Å². The highest BCUT2D eigenvalue weighted by Crippen LogP contribution is 2.71. The normalized spacial score (nSPS) is 41.9. The summed E-state index contributed by atoms with van der Waals surface area (Å²) >= 11 is 0. The van der Waals surface area contributed by atoms with Crippen LogP contribution in [0.3, 0.4) is 0 Å². The lowest BCUT2D eigenvalue weighted by Gasteiger charge is -2.48. The molecule has 5 heteroatoms. The largest absolute Gasteiger partial charge is 0.451 e. The van der Waals surface area contributed by atoms with Crippen LogP contribution >= 0.6 is 0 Å². The molecule has 2 bridgehead atoms. The molecule has 0 heterocycles. The fourth-order valence-electron chi connectivity index (χ4n) is 7.33. The van der Waals surface area contributed by atoms with Crippen LogP contribution in [-0.2, 0) is 14.3 Å². The van der Waals surface area contributed by atoms with Gasteiger partial charge in [0.05, 0.1) is 5.41 Å². The van der Waals surface area contributed by atoms with Gasteiger partial charge in [-0.3, -0.25) is 4.79 Å². The molecule has 2 fully saturated rings. The standard InChI is InChI=1S/C30H40O5/c1-7-8-9-10-11-12-13-14-23(31)35-27-19(3)17-29-20(4)16-22-24(28(22,5)6)21(26(29)33)15-18(2)25(32)30(27,29)34/h9-15,17,20-22,24-25,27,32,34H,7-8,16H2,1-6H3/b10-9-,12-11-,14-13+/t20-,21+,22+,24-,25-,27+,29+,30+/m1/s1.